The molecule has 96 valence electrons. The van der Waals surface area contributed by atoms with E-state index in [0.717, 1.165) is 23.4 Å². The lowest BCUT2D eigenvalue weighted by molar-refractivity contribution is 0.628. The van der Waals surface area contributed by atoms with Gasteiger partial charge < -0.3 is 5.32 Å². The molecule has 1 heterocycles. The van der Waals surface area contributed by atoms with Gasteiger partial charge in [-0.05, 0) is 54.0 Å². The molecule has 0 saturated carbocycles. The SMILES string of the molecule is CNC1=CC[C@@H]2N=C(c3ccc(F)cc3)C=CC2=C1. The first-order valence-corrected chi connectivity index (χ1v) is 6.37. The number of halogens is 1. The Hall–Kier alpha value is -2.16. The summed E-state index contributed by atoms with van der Waals surface area (Å²) < 4.78 is 12.9. The van der Waals surface area contributed by atoms with Crippen LogP contribution in [0.4, 0.5) is 4.39 Å². The number of nitrogens with zero attached hydrogens (tertiary/aromatic N) is 1. The Bertz CT molecular complexity index is 606. The van der Waals surface area contributed by atoms with Crippen molar-refractivity contribution in [3.63, 3.8) is 0 Å². The second-order valence-corrected chi connectivity index (χ2v) is 4.66. The number of allylic oxidation sites excluding steroid dienone is 2. The van der Waals surface area contributed by atoms with Crippen LogP contribution in [0, 0.1) is 5.82 Å². The molecule has 1 atom stereocenters. The zero-order chi connectivity index (χ0) is 13.2. The highest BCUT2D eigenvalue weighted by Crippen LogP contribution is 2.25. The minimum absolute atomic E-state index is 0.183. The molecule has 0 saturated heterocycles. The summed E-state index contributed by atoms with van der Waals surface area (Å²) in [5.41, 5.74) is 4.23. The standard InChI is InChI=1S/C16H15FN2/c1-18-14-7-9-16-12(10-14)4-8-15(19-16)11-2-5-13(17)6-3-11/h2-8,10,16,18H,9H2,1H3/t16-/m0/s1. The van der Waals surface area contributed by atoms with Gasteiger partial charge in [-0.2, -0.15) is 0 Å². The van der Waals surface area contributed by atoms with Crippen LogP contribution in [0.3, 0.4) is 0 Å². The summed E-state index contributed by atoms with van der Waals surface area (Å²) in [7, 11) is 1.92. The van der Waals surface area contributed by atoms with E-state index in [1.54, 1.807) is 12.1 Å². The summed E-state index contributed by atoms with van der Waals surface area (Å²) in [4.78, 5) is 4.74. The first-order valence-electron chi connectivity index (χ1n) is 6.37. The summed E-state index contributed by atoms with van der Waals surface area (Å²) in [6.45, 7) is 0. The molecule has 3 rings (SSSR count). The summed E-state index contributed by atoms with van der Waals surface area (Å²) in [5, 5.41) is 3.15. The molecule has 0 unspecified atom stereocenters. The highest BCUT2D eigenvalue weighted by molar-refractivity contribution is 6.09. The molecule has 2 nitrogen and oxygen atoms in total. The van der Waals surface area contributed by atoms with Crippen LogP contribution in [-0.4, -0.2) is 18.8 Å². The van der Waals surface area contributed by atoms with Crippen LogP contribution in [0.15, 0.2) is 64.8 Å². The van der Waals surface area contributed by atoms with Crippen LogP contribution in [-0.2, 0) is 0 Å². The van der Waals surface area contributed by atoms with Crippen molar-refractivity contribution in [2.24, 2.45) is 4.99 Å². The fourth-order valence-corrected chi connectivity index (χ4v) is 2.35. The molecule has 0 spiro atoms. The van der Waals surface area contributed by atoms with Gasteiger partial charge in [0.1, 0.15) is 5.82 Å². The van der Waals surface area contributed by atoms with Crippen LogP contribution in [0.1, 0.15) is 12.0 Å². The third-order valence-corrected chi connectivity index (χ3v) is 3.43. The Labute approximate surface area is 112 Å². The highest BCUT2D eigenvalue weighted by Gasteiger charge is 2.19. The van der Waals surface area contributed by atoms with Gasteiger partial charge in [0.05, 0.1) is 11.8 Å². The van der Waals surface area contributed by atoms with Gasteiger partial charge >= 0.3 is 0 Å². The molecule has 0 bridgehead atoms. The topological polar surface area (TPSA) is 24.4 Å². The van der Waals surface area contributed by atoms with Gasteiger partial charge in [-0.15, -0.1) is 0 Å². The molecule has 1 aliphatic heterocycles. The molecule has 1 aliphatic carbocycles. The maximum Gasteiger partial charge on any atom is 0.123 e. The number of hydrogen-bond acceptors (Lipinski definition) is 2. The maximum absolute atomic E-state index is 12.9. The van der Waals surface area contributed by atoms with Gasteiger partial charge in [0.15, 0.2) is 0 Å². The summed E-state index contributed by atoms with van der Waals surface area (Å²) in [6.07, 6.45) is 9.26. The first kappa shape index (κ1) is 11.9. The molecule has 0 fully saturated rings. The number of hydrogen-bond donors (Lipinski definition) is 1. The molecule has 1 aromatic carbocycles. The van der Waals surface area contributed by atoms with E-state index in [1.807, 2.05) is 13.1 Å². The van der Waals surface area contributed by atoms with E-state index >= 15 is 0 Å². The number of fused-ring (bicyclic) bond motifs is 1. The largest absolute Gasteiger partial charge is 0.388 e. The van der Waals surface area contributed by atoms with Crippen molar-refractivity contribution >= 4 is 5.71 Å². The second kappa shape index (κ2) is 4.84. The van der Waals surface area contributed by atoms with Crippen molar-refractivity contribution < 1.29 is 4.39 Å². The number of benzene rings is 1. The van der Waals surface area contributed by atoms with Crippen molar-refractivity contribution in [2.75, 3.05) is 7.05 Å². The molecule has 0 radical (unpaired) electrons. The van der Waals surface area contributed by atoms with Crippen LogP contribution in [0.25, 0.3) is 0 Å². The molecule has 3 heteroatoms. The normalized spacial score (nSPS) is 21.2. The van der Waals surface area contributed by atoms with Crippen molar-refractivity contribution in [2.45, 2.75) is 12.5 Å². The minimum atomic E-state index is -0.219. The van der Waals surface area contributed by atoms with Crippen LogP contribution < -0.4 is 5.32 Å². The van der Waals surface area contributed by atoms with Gasteiger partial charge in [0.25, 0.3) is 0 Å². The van der Waals surface area contributed by atoms with E-state index in [2.05, 4.69) is 23.5 Å². The van der Waals surface area contributed by atoms with Gasteiger partial charge in [-0.3, -0.25) is 4.99 Å². The van der Waals surface area contributed by atoms with Crippen molar-refractivity contribution in [3.8, 4) is 0 Å². The molecular formula is C16H15FN2. The highest BCUT2D eigenvalue weighted by atomic mass is 19.1. The van der Waals surface area contributed by atoms with Gasteiger partial charge in [-0.1, -0.05) is 12.2 Å². The van der Waals surface area contributed by atoms with Crippen molar-refractivity contribution in [1.29, 1.82) is 0 Å². The number of dihydropyridines is 1. The lowest BCUT2D eigenvalue weighted by Crippen LogP contribution is -2.19. The maximum atomic E-state index is 12.9. The average Bonchev–Trinajstić information content (AvgIpc) is 2.47. The van der Waals surface area contributed by atoms with Crippen molar-refractivity contribution in [1.82, 2.24) is 5.32 Å². The lowest BCUT2D eigenvalue weighted by Gasteiger charge is -2.22. The number of likely N-dealkylation sites (N-methyl/N-ethyl adjacent to an activating group) is 1. The fraction of sp³-hybridized carbons (Fsp3) is 0.188. The first-order chi connectivity index (χ1) is 9.26. The van der Waals surface area contributed by atoms with E-state index < -0.39 is 0 Å². The Morgan fingerprint density at radius 2 is 2.00 bits per heavy atom. The summed E-state index contributed by atoms with van der Waals surface area (Å²) >= 11 is 0. The molecular weight excluding hydrogens is 239 g/mol. The predicted octanol–water partition coefficient (Wildman–Crippen LogP) is 2.99. The number of nitrogens with one attached hydrogen (secondary N) is 1. The number of rotatable bonds is 2. The predicted molar refractivity (Wildman–Crippen MR) is 75.7 cm³/mol. The molecule has 2 aliphatic rings. The molecule has 0 amide bonds. The lowest BCUT2D eigenvalue weighted by atomic mass is 9.93. The van der Waals surface area contributed by atoms with E-state index in [9.17, 15) is 4.39 Å². The average molecular weight is 254 g/mol. The minimum Gasteiger partial charge on any atom is -0.388 e. The van der Waals surface area contributed by atoms with E-state index in [0.29, 0.717) is 0 Å². The van der Waals surface area contributed by atoms with Gasteiger partial charge in [-0.25, -0.2) is 4.39 Å². The van der Waals surface area contributed by atoms with Crippen LogP contribution in [0.2, 0.25) is 0 Å². The second-order valence-electron chi connectivity index (χ2n) is 4.66. The Balaban J connectivity index is 1.88. The molecule has 19 heavy (non-hydrogen) atoms. The third-order valence-electron chi connectivity index (χ3n) is 3.43. The van der Waals surface area contributed by atoms with Crippen LogP contribution >= 0.6 is 0 Å². The summed E-state index contributed by atoms with van der Waals surface area (Å²) in [6, 6.07) is 6.66. The van der Waals surface area contributed by atoms with E-state index in [4.69, 9.17) is 4.99 Å². The molecule has 0 aromatic heterocycles. The van der Waals surface area contributed by atoms with E-state index in [1.165, 1.54) is 17.7 Å². The Morgan fingerprint density at radius 1 is 1.21 bits per heavy atom. The van der Waals surface area contributed by atoms with Crippen molar-refractivity contribution in [3.05, 3.63) is 71.2 Å². The third kappa shape index (κ3) is 2.36. The quantitative estimate of drug-likeness (QED) is 0.862. The van der Waals surface area contributed by atoms with Crippen LogP contribution in [0.5, 0.6) is 0 Å². The smallest absolute Gasteiger partial charge is 0.123 e. The van der Waals surface area contributed by atoms with E-state index in [-0.39, 0.29) is 11.9 Å². The molecule has 1 N–H and O–H groups in total. The fourth-order valence-electron chi connectivity index (χ4n) is 2.35. The van der Waals surface area contributed by atoms with Gasteiger partial charge in [0, 0.05) is 12.7 Å². The zero-order valence-electron chi connectivity index (χ0n) is 10.7. The van der Waals surface area contributed by atoms with Gasteiger partial charge in [0.2, 0.25) is 0 Å². The number of aliphatic imine (C=N–C) groups is 1. The summed E-state index contributed by atoms with van der Waals surface area (Å²) in [5.74, 6) is -0.219. The zero-order valence-corrected chi connectivity index (χ0v) is 10.7. The Morgan fingerprint density at radius 3 is 2.74 bits per heavy atom. The monoisotopic (exact) mass is 254 g/mol. The molecule has 1 aromatic rings. The Kier molecular flexibility index (Phi) is 3.03.